The number of morpholine rings is 1. The minimum Gasteiger partial charge on any atom is -0.457 e. The van der Waals surface area contributed by atoms with Crippen molar-refractivity contribution in [1.29, 1.82) is 0 Å². The van der Waals surface area contributed by atoms with Crippen LogP contribution in [0.25, 0.3) is 6.08 Å². The first-order valence-corrected chi connectivity index (χ1v) is 10.4. The van der Waals surface area contributed by atoms with Crippen LogP contribution >= 0.6 is 11.8 Å². The van der Waals surface area contributed by atoms with Gasteiger partial charge in [0.05, 0.1) is 18.1 Å². The third kappa shape index (κ3) is 4.72. The summed E-state index contributed by atoms with van der Waals surface area (Å²) < 4.78 is 11.0. The van der Waals surface area contributed by atoms with Crippen molar-refractivity contribution < 1.29 is 23.9 Å². The van der Waals surface area contributed by atoms with E-state index >= 15 is 0 Å². The molecule has 154 valence electrons. The standard InChI is InChI=1S/C22H20N2O5S/c25-20(23-9-11-28-12-10-23)15-24-21(26)19(30-22(24)27)14-16-5-4-8-18(13-16)29-17-6-2-1-3-7-17/h1-8,13-14H,9-12,15H2/b19-14+. The van der Waals surface area contributed by atoms with Crippen LogP contribution in [0.2, 0.25) is 0 Å². The number of rotatable bonds is 5. The molecule has 0 unspecified atom stereocenters. The second kappa shape index (κ2) is 9.15. The zero-order valence-corrected chi connectivity index (χ0v) is 17.0. The van der Waals surface area contributed by atoms with Crippen LogP contribution in [0.15, 0.2) is 59.5 Å². The Balaban J connectivity index is 1.45. The molecule has 0 atom stereocenters. The Morgan fingerprint density at radius 3 is 2.53 bits per heavy atom. The molecule has 2 fully saturated rings. The molecule has 0 saturated carbocycles. The van der Waals surface area contributed by atoms with Gasteiger partial charge in [0.1, 0.15) is 18.0 Å². The molecule has 0 N–H and O–H groups in total. The Kier molecular flexibility index (Phi) is 6.15. The van der Waals surface area contributed by atoms with Crippen molar-refractivity contribution >= 4 is 34.9 Å². The summed E-state index contributed by atoms with van der Waals surface area (Å²) in [5, 5.41) is -0.440. The van der Waals surface area contributed by atoms with E-state index in [4.69, 9.17) is 9.47 Å². The number of hydrogen-bond donors (Lipinski definition) is 0. The predicted octanol–water partition coefficient (Wildman–Crippen LogP) is 3.37. The van der Waals surface area contributed by atoms with Crippen molar-refractivity contribution in [3.8, 4) is 11.5 Å². The Labute approximate surface area is 178 Å². The van der Waals surface area contributed by atoms with Gasteiger partial charge in [-0.25, -0.2) is 0 Å². The molecule has 0 aromatic heterocycles. The van der Waals surface area contributed by atoms with Crippen molar-refractivity contribution in [3.05, 3.63) is 65.1 Å². The largest absolute Gasteiger partial charge is 0.457 e. The van der Waals surface area contributed by atoms with Gasteiger partial charge in [-0.15, -0.1) is 0 Å². The first kappa shape index (κ1) is 20.2. The summed E-state index contributed by atoms with van der Waals surface area (Å²) in [6.07, 6.45) is 1.64. The molecule has 8 heteroatoms. The van der Waals surface area contributed by atoms with E-state index in [9.17, 15) is 14.4 Å². The summed E-state index contributed by atoms with van der Waals surface area (Å²) in [4.78, 5) is 40.3. The van der Waals surface area contributed by atoms with E-state index in [0.717, 1.165) is 22.2 Å². The SMILES string of the molecule is O=C(CN1C(=O)S/C(=C/c2cccc(Oc3ccccc3)c2)C1=O)N1CCOCC1. The van der Waals surface area contributed by atoms with Gasteiger partial charge >= 0.3 is 0 Å². The van der Waals surface area contributed by atoms with Crippen LogP contribution in [0.4, 0.5) is 4.79 Å². The number of hydrogen-bond acceptors (Lipinski definition) is 6. The second-order valence-electron chi connectivity index (χ2n) is 6.75. The molecule has 2 saturated heterocycles. The van der Waals surface area contributed by atoms with Crippen LogP contribution in [-0.4, -0.2) is 59.7 Å². The van der Waals surface area contributed by atoms with E-state index in [1.807, 2.05) is 48.5 Å². The van der Waals surface area contributed by atoms with Crippen molar-refractivity contribution in [2.45, 2.75) is 0 Å². The highest BCUT2D eigenvalue weighted by atomic mass is 32.2. The Morgan fingerprint density at radius 1 is 1.03 bits per heavy atom. The number of ether oxygens (including phenoxy) is 2. The molecule has 2 aromatic rings. The Morgan fingerprint density at radius 2 is 1.77 bits per heavy atom. The number of para-hydroxylation sites is 1. The second-order valence-corrected chi connectivity index (χ2v) is 7.74. The van der Waals surface area contributed by atoms with Gasteiger partial charge in [-0.2, -0.15) is 0 Å². The van der Waals surface area contributed by atoms with Crippen LogP contribution in [-0.2, 0) is 14.3 Å². The quantitative estimate of drug-likeness (QED) is 0.685. The first-order chi connectivity index (χ1) is 14.6. The summed E-state index contributed by atoms with van der Waals surface area (Å²) in [5.74, 6) is 0.620. The third-order valence-corrected chi connectivity index (χ3v) is 5.57. The van der Waals surface area contributed by atoms with Crippen LogP contribution in [0.3, 0.4) is 0 Å². The van der Waals surface area contributed by atoms with Gasteiger partial charge in [0.25, 0.3) is 11.1 Å². The molecule has 2 aliphatic rings. The molecule has 0 aliphatic carbocycles. The van der Waals surface area contributed by atoms with Crippen molar-refractivity contribution in [3.63, 3.8) is 0 Å². The van der Waals surface area contributed by atoms with Crippen LogP contribution < -0.4 is 4.74 Å². The lowest BCUT2D eigenvalue weighted by Gasteiger charge is -2.28. The smallest absolute Gasteiger partial charge is 0.294 e. The lowest BCUT2D eigenvalue weighted by atomic mass is 10.2. The molecule has 30 heavy (non-hydrogen) atoms. The summed E-state index contributed by atoms with van der Waals surface area (Å²) in [6.45, 7) is 1.63. The molecule has 0 spiro atoms. The predicted molar refractivity (Wildman–Crippen MR) is 113 cm³/mol. The van der Waals surface area contributed by atoms with Gasteiger partial charge < -0.3 is 14.4 Å². The molecule has 2 aliphatic heterocycles. The molecule has 0 bridgehead atoms. The van der Waals surface area contributed by atoms with E-state index in [0.29, 0.717) is 37.8 Å². The molecular weight excluding hydrogens is 404 g/mol. The number of thioether (sulfide) groups is 1. The molecule has 2 heterocycles. The lowest BCUT2D eigenvalue weighted by Crippen LogP contribution is -2.46. The zero-order valence-electron chi connectivity index (χ0n) is 16.2. The fourth-order valence-corrected chi connectivity index (χ4v) is 3.97. The van der Waals surface area contributed by atoms with Crippen LogP contribution in [0, 0.1) is 0 Å². The van der Waals surface area contributed by atoms with Gasteiger partial charge in [0.2, 0.25) is 5.91 Å². The normalized spacial score (nSPS) is 18.2. The number of carbonyl (C=O) groups excluding carboxylic acids is 3. The van der Waals surface area contributed by atoms with Crippen LogP contribution in [0.1, 0.15) is 5.56 Å². The fraction of sp³-hybridized carbons (Fsp3) is 0.227. The summed E-state index contributed by atoms with van der Waals surface area (Å²) in [6, 6.07) is 16.6. The minimum absolute atomic E-state index is 0.250. The molecule has 3 amide bonds. The van der Waals surface area contributed by atoms with Gasteiger partial charge in [0.15, 0.2) is 0 Å². The molecular formula is C22H20N2O5S. The highest BCUT2D eigenvalue weighted by molar-refractivity contribution is 8.18. The van der Waals surface area contributed by atoms with Crippen molar-refractivity contribution in [1.82, 2.24) is 9.80 Å². The topological polar surface area (TPSA) is 76.2 Å². The zero-order chi connectivity index (χ0) is 20.9. The van der Waals surface area contributed by atoms with E-state index in [1.54, 1.807) is 17.0 Å². The minimum atomic E-state index is -0.457. The summed E-state index contributed by atoms with van der Waals surface area (Å²) >= 11 is 0.837. The monoisotopic (exact) mass is 424 g/mol. The lowest BCUT2D eigenvalue weighted by molar-refractivity contribution is -0.139. The number of imide groups is 1. The third-order valence-electron chi connectivity index (χ3n) is 4.67. The number of carbonyl (C=O) groups is 3. The van der Waals surface area contributed by atoms with E-state index in [2.05, 4.69) is 0 Å². The highest BCUT2D eigenvalue weighted by Gasteiger charge is 2.37. The average Bonchev–Trinajstić information content (AvgIpc) is 3.02. The molecule has 4 rings (SSSR count). The average molecular weight is 424 g/mol. The van der Waals surface area contributed by atoms with Crippen molar-refractivity contribution in [2.24, 2.45) is 0 Å². The summed E-state index contributed by atoms with van der Waals surface area (Å²) in [5.41, 5.74) is 0.730. The van der Waals surface area contributed by atoms with Crippen molar-refractivity contribution in [2.75, 3.05) is 32.8 Å². The first-order valence-electron chi connectivity index (χ1n) is 9.54. The molecule has 2 aromatic carbocycles. The Bertz CT molecular complexity index is 986. The Hall–Kier alpha value is -3.10. The number of benzene rings is 2. The van der Waals surface area contributed by atoms with E-state index in [1.165, 1.54) is 0 Å². The van der Waals surface area contributed by atoms with E-state index in [-0.39, 0.29) is 17.4 Å². The number of nitrogens with zero attached hydrogens (tertiary/aromatic N) is 2. The number of amides is 3. The summed E-state index contributed by atoms with van der Waals surface area (Å²) in [7, 11) is 0. The van der Waals surface area contributed by atoms with E-state index < -0.39 is 11.1 Å². The molecule has 0 radical (unpaired) electrons. The van der Waals surface area contributed by atoms with Gasteiger partial charge in [-0.3, -0.25) is 19.3 Å². The highest BCUT2D eigenvalue weighted by Crippen LogP contribution is 2.33. The molecule has 7 nitrogen and oxygen atoms in total. The van der Waals surface area contributed by atoms with Crippen LogP contribution in [0.5, 0.6) is 11.5 Å². The maximum absolute atomic E-state index is 12.7. The van der Waals surface area contributed by atoms with Gasteiger partial charge in [0, 0.05) is 13.1 Å². The van der Waals surface area contributed by atoms with Gasteiger partial charge in [-0.05, 0) is 47.7 Å². The van der Waals surface area contributed by atoms with Gasteiger partial charge in [-0.1, -0.05) is 30.3 Å². The fourth-order valence-electron chi connectivity index (χ4n) is 3.13. The maximum Gasteiger partial charge on any atom is 0.294 e. The maximum atomic E-state index is 12.7.